The van der Waals surface area contributed by atoms with Gasteiger partial charge in [0.25, 0.3) is 0 Å². The lowest BCUT2D eigenvalue weighted by atomic mass is 10.1. The Morgan fingerprint density at radius 2 is 2.00 bits per heavy atom. The van der Waals surface area contributed by atoms with E-state index >= 15 is 0 Å². The maximum absolute atomic E-state index is 5.93. The van der Waals surface area contributed by atoms with Crippen LogP contribution in [-0.2, 0) is 6.42 Å². The zero-order chi connectivity index (χ0) is 11.5. The van der Waals surface area contributed by atoms with Gasteiger partial charge in [-0.1, -0.05) is 6.92 Å². The molecule has 0 saturated carbocycles. The first-order chi connectivity index (χ1) is 7.76. The van der Waals surface area contributed by atoms with Gasteiger partial charge < -0.3 is 15.4 Å². The predicted octanol–water partition coefficient (Wildman–Crippen LogP) is 2.44. The van der Waals surface area contributed by atoms with Crippen molar-refractivity contribution in [1.29, 1.82) is 0 Å². The number of methoxy groups -OCH3 is 1. The second-order valence-corrected chi connectivity index (χ2v) is 4.27. The van der Waals surface area contributed by atoms with Crippen LogP contribution in [0.15, 0.2) is 12.1 Å². The molecule has 3 nitrogen and oxygen atoms in total. The third-order valence-electron chi connectivity index (χ3n) is 3.26. The van der Waals surface area contributed by atoms with Gasteiger partial charge in [-0.15, -0.1) is 0 Å². The van der Waals surface area contributed by atoms with Gasteiger partial charge in [0.05, 0.1) is 12.8 Å². The molecule has 1 aromatic carbocycles. The summed E-state index contributed by atoms with van der Waals surface area (Å²) in [7, 11) is 1.67. The molecule has 0 amide bonds. The highest BCUT2D eigenvalue weighted by Gasteiger charge is 2.17. The standard InChI is InChI=1S/C13H20N2O/c1-3-10-8-11(14)13(16-2)9-12(10)15-6-4-5-7-15/h8-9H,3-7,14H2,1-2H3. The van der Waals surface area contributed by atoms with Crippen LogP contribution in [0.25, 0.3) is 0 Å². The van der Waals surface area contributed by atoms with Crippen molar-refractivity contribution >= 4 is 11.4 Å². The Bertz CT molecular complexity index is 370. The van der Waals surface area contributed by atoms with E-state index in [1.807, 2.05) is 6.07 Å². The van der Waals surface area contributed by atoms with Gasteiger partial charge in [-0.2, -0.15) is 0 Å². The average Bonchev–Trinajstić information content (AvgIpc) is 2.82. The van der Waals surface area contributed by atoms with Crippen LogP contribution in [0.5, 0.6) is 5.75 Å². The highest BCUT2D eigenvalue weighted by atomic mass is 16.5. The summed E-state index contributed by atoms with van der Waals surface area (Å²) in [5, 5.41) is 0. The second kappa shape index (κ2) is 4.64. The fraction of sp³-hybridized carbons (Fsp3) is 0.538. The van der Waals surface area contributed by atoms with Crippen molar-refractivity contribution in [3.8, 4) is 5.75 Å². The Morgan fingerprint density at radius 3 is 2.56 bits per heavy atom. The van der Waals surface area contributed by atoms with Crippen LogP contribution in [-0.4, -0.2) is 20.2 Å². The number of aryl methyl sites for hydroxylation is 1. The van der Waals surface area contributed by atoms with Crippen LogP contribution < -0.4 is 15.4 Å². The van der Waals surface area contributed by atoms with Gasteiger partial charge in [-0.3, -0.25) is 0 Å². The van der Waals surface area contributed by atoms with Crippen molar-refractivity contribution in [3.63, 3.8) is 0 Å². The summed E-state index contributed by atoms with van der Waals surface area (Å²) in [5.74, 6) is 0.791. The minimum Gasteiger partial charge on any atom is -0.495 e. The monoisotopic (exact) mass is 220 g/mol. The fourth-order valence-electron chi connectivity index (χ4n) is 2.35. The molecule has 0 bridgehead atoms. The van der Waals surface area contributed by atoms with Crippen molar-refractivity contribution in [2.75, 3.05) is 30.8 Å². The Morgan fingerprint density at radius 1 is 1.31 bits per heavy atom. The summed E-state index contributed by atoms with van der Waals surface area (Å²) in [4.78, 5) is 2.43. The number of benzene rings is 1. The third kappa shape index (κ3) is 1.94. The lowest BCUT2D eigenvalue weighted by Gasteiger charge is -2.22. The molecule has 2 rings (SSSR count). The van der Waals surface area contributed by atoms with Gasteiger partial charge in [0.15, 0.2) is 0 Å². The topological polar surface area (TPSA) is 38.5 Å². The number of nitrogens with two attached hydrogens (primary N) is 1. The maximum atomic E-state index is 5.93. The molecule has 0 aliphatic carbocycles. The molecule has 3 heteroatoms. The van der Waals surface area contributed by atoms with Crippen LogP contribution in [0, 0.1) is 0 Å². The summed E-state index contributed by atoms with van der Waals surface area (Å²) in [5.41, 5.74) is 9.29. The van der Waals surface area contributed by atoms with E-state index in [9.17, 15) is 0 Å². The summed E-state index contributed by atoms with van der Waals surface area (Å²) < 4.78 is 5.29. The number of anilines is 2. The molecule has 1 heterocycles. The first-order valence-electron chi connectivity index (χ1n) is 5.97. The van der Waals surface area contributed by atoms with Crippen molar-refractivity contribution in [1.82, 2.24) is 0 Å². The van der Waals surface area contributed by atoms with Gasteiger partial charge in [0, 0.05) is 24.8 Å². The quantitative estimate of drug-likeness (QED) is 0.795. The highest BCUT2D eigenvalue weighted by Crippen LogP contribution is 2.33. The summed E-state index contributed by atoms with van der Waals surface area (Å²) in [6.45, 7) is 4.47. The molecule has 0 atom stereocenters. The number of hydrogen-bond donors (Lipinski definition) is 1. The van der Waals surface area contributed by atoms with Crippen LogP contribution >= 0.6 is 0 Å². The Balaban J connectivity index is 2.40. The van der Waals surface area contributed by atoms with Crippen LogP contribution in [0.4, 0.5) is 11.4 Å². The van der Waals surface area contributed by atoms with Crippen molar-refractivity contribution < 1.29 is 4.74 Å². The van der Waals surface area contributed by atoms with Crippen LogP contribution in [0.3, 0.4) is 0 Å². The zero-order valence-corrected chi connectivity index (χ0v) is 10.1. The molecule has 16 heavy (non-hydrogen) atoms. The molecule has 1 saturated heterocycles. The van der Waals surface area contributed by atoms with Gasteiger partial charge in [0.1, 0.15) is 5.75 Å². The van der Waals surface area contributed by atoms with E-state index in [0.29, 0.717) is 0 Å². The molecule has 1 aliphatic heterocycles. The number of rotatable bonds is 3. The summed E-state index contributed by atoms with van der Waals surface area (Å²) in [6.07, 6.45) is 3.59. The van der Waals surface area contributed by atoms with E-state index in [2.05, 4.69) is 17.9 Å². The van der Waals surface area contributed by atoms with E-state index in [0.717, 1.165) is 30.9 Å². The minimum absolute atomic E-state index is 0.738. The molecule has 1 fully saturated rings. The molecule has 0 radical (unpaired) electrons. The average molecular weight is 220 g/mol. The van der Waals surface area contributed by atoms with Crippen molar-refractivity contribution in [2.45, 2.75) is 26.2 Å². The van der Waals surface area contributed by atoms with Crippen molar-refractivity contribution in [2.24, 2.45) is 0 Å². The molecular formula is C13H20N2O. The largest absolute Gasteiger partial charge is 0.495 e. The summed E-state index contributed by atoms with van der Waals surface area (Å²) in [6, 6.07) is 4.13. The van der Waals surface area contributed by atoms with Crippen LogP contribution in [0.1, 0.15) is 25.3 Å². The third-order valence-corrected chi connectivity index (χ3v) is 3.26. The first-order valence-corrected chi connectivity index (χ1v) is 5.97. The molecule has 0 spiro atoms. The number of nitrogen functional groups attached to an aromatic ring is 1. The predicted molar refractivity (Wildman–Crippen MR) is 68.2 cm³/mol. The molecule has 1 aromatic rings. The van der Waals surface area contributed by atoms with Gasteiger partial charge in [-0.25, -0.2) is 0 Å². The van der Waals surface area contributed by atoms with Gasteiger partial charge >= 0.3 is 0 Å². The molecule has 0 aromatic heterocycles. The molecule has 2 N–H and O–H groups in total. The number of ether oxygens (including phenoxy) is 1. The Hall–Kier alpha value is -1.38. The molecule has 1 aliphatic rings. The van der Waals surface area contributed by atoms with Gasteiger partial charge in [0.2, 0.25) is 0 Å². The fourth-order valence-corrected chi connectivity index (χ4v) is 2.35. The lowest BCUT2D eigenvalue weighted by molar-refractivity contribution is 0.417. The Kier molecular flexibility index (Phi) is 3.22. The highest BCUT2D eigenvalue weighted by molar-refractivity contribution is 5.67. The second-order valence-electron chi connectivity index (χ2n) is 4.27. The normalized spacial score (nSPS) is 15.5. The molecule has 88 valence electrons. The van der Waals surface area contributed by atoms with Gasteiger partial charge in [-0.05, 0) is 30.9 Å². The SMILES string of the molecule is CCc1cc(N)c(OC)cc1N1CCCC1. The zero-order valence-electron chi connectivity index (χ0n) is 10.1. The summed E-state index contributed by atoms with van der Waals surface area (Å²) >= 11 is 0. The van der Waals surface area contributed by atoms with E-state index in [1.54, 1.807) is 7.11 Å². The van der Waals surface area contributed by atoms with E-state index in [4.69, 9.17) is 10.5 Å². The van der Waals surface area contributed by atoms with Crippen LogP contribution in [0.2, 0.25) is 0 Å². The Labute approximate surface area is 97.2 Å². The van der Waals surface area contributed by atoms with E-state index in [-0.39, 0.29) is 0 Å². The van der Waals surface area contributed by atoms with E-state index < -0.39 is 0 Å². The van der Waals surface area contributed by atoms with Crippen molar-refractivity contribution in [3.05, 3.63) is 17.7 Å². The lowest BCUT2D eigenvalue weighted by Crippen LogP contribution is -2.19. The maximum Gasteiger partial charge on any atom is 0.143 e. The smallest absolute Gasteiger partial charge is 0.143 e. The molecule has 0 unspecified atom stereocenters. The number of hydrogen-bond acceptors (Lipinski definition) is 3. The minimum atomic E-state index is 0.738. The molecular weight excluding hydrogens is 200 g/mol. The first kappa shape index (κ1) is 11.1. The van der Waals surface area contributed by atoms with E-state index in [1.165, 1.54) is 24.1 Å². The number of nitrogens with zero attached hydrogens (tertiary/aromatic N) is 1.